The number of rotatable bonds is 6. The Balaban J connectivity index is 3.78. The van der Waals surface area contributed by atoms with E-state index in [1.165, 1.54) is 7.11 Å². The minimum absolute atomic E-state index is 0.155. The Morgan fingerprint density at radius 2 is 1.73 bits per heavy atom. The summed E-state index contributed by atoms with van der Waals surface area (Å²) < 4.78 is 14.2. The largest absolute Gasteiger partial charge is 0.463 e. The van der Waals surface area contributed by atoms with E-state index >= 15 is 0 Å². The summed E-state index contributed by atoms with van der Waals surface area (Å²) in [5.74, 6) is -1.15. The van der Waals surface area contributed by atoms with E-state index in [2.05, 4.69) is 4.74 Å². The van der Waals surface area contributed by atoms with Gasteiger partial charge in [0.2, 0.25) is 0 Å². The van der Waals surface area contributed by atoms with Crippen LogP contribution in [0.2, 0.25) is 0 Å². The molecule has 5 nitrogen and oxygen atoms in total. The van der Waals surface area contributed by atoms with Crippen LogP contribution >= 0.6 is 0 Å². The van der Waals surface area contributed by atoms with Crippen LogP contribution in [0.4, 0.5) is 0 Å². The maximum absolute atomic E-state index is 11.0. The Bertz CT molecular complexity index is 234. The Labute approximate surface area is 89.0 Å². The van der Waals surface area contributed by atoms with E-state index in [1.54, 1.807) is 13.8 Å². The van der Waals surface area contributed by atoms with Crippen LogP contribution in [0.1, 0.15) is 13.8 Å². The zero-order chi connectivity index (χ0) is 11.7. The van der Waals surface area contributed by atoms with Gasteiger partial charge in [-0.15, -0.1) is 0 Å². The van der Waals surface area contributed by atoms with Gasteiger partial charge in [0, 0.05) is 19.3 Å². The third kappa shape index (κ3) is 7.69. The number of hydrogen-bond acceptors (Lipinski definition) is 5. The molecule has 86 valence electrons. The first kappa shape index (κ1) is 13.6. The highest BCUT2D eigenvalue weighted by Crippen LogP contribution is 1.91. The first-order valence-corrected chi connectivity index (χ1v) is 4.64. The molecule has 1 unspecified atom stereocenters. The number of methoxy groups -OCH3 is 1. The van der Waals surface area contributed by atoms with Crippen molar-refractivity contribution in [2.45, 2.75) is 20.0 Å². The van der Waals surface area contributed by atoms with Crippen molar-refractivity contribution in [2.75, 3.05) is 20.3 Å². The molecule has 0 bridgehead atoms. The van der Waals surface area contributed by atoms with E-state index in [1.807, 2.05) is 0 Å². The van der Waals surface area contributed by atoms with Crippen LogP contribution in [0.3, 0.4) is 0 Å². The van der Waals surface area contributed by atoms with Gasteiger partial charge >= 0.3 is 11.9 Å². The van der Waals surface area contributed by atoms with Gasteiger partial charge in [0.25, 0.3) is 0 Å². The lowest BCUT2D eigenvalue weighted by Gasteiger charge is -2.08. The highest BCUT2D eigenvalue weighted by molar-refractivity contribution is 5.91. The van der Waals surface area contributed by atoms with Crippen LogP contribution in [0.5, 0.6) is 0 Å². The molecule has 0 aliphatic heterocycles. The molecule has 0 aliphatic rings. The molecule has 0 heterocycles. The summed E-state index contributed by atoms with van der Waals surface area (Å²) in [5.41, 5.74) is 0. The highest BCUT2D eigenvalue weighted by Gasteiger charge is 2.03. The zero-order valence-electron chi connectivity index (χ0n) is 9.19. The van der Waals surface area contributed by atoms with Crippen LogP contribution in [0.25, 0.3) is 0 Å². The van der Waals surface area contributed by atoms with Crippen molar-refractivity contribution in [3.8, 4) is 0 Å². The summed E-state index contributed by atoms with van der Waals surface area (Å²) in [7, 11) is 1.52. The molecule has 0 rings (SSSR count). The molecule has 0 aliphatic carbocycles. The average Bonchev–Trinajstić information content (AvgIpc) is 2.23. The predicted octanol–water partition coefficient (Wildman–Crippen LogP) is 0.684. The number of esters is 2. The zero-order valence-corrected chi connectivity index (χ0v) is 9.19. The first-order chi connectivity index (χ1) is 7.10. The van der Waals surface area contributed by atoms with E-state index < -0.39 is 11.9 Å². The second kappa shape index (κ2) is 7.99. The monoisotopic (exact) mass is 216 g/mol. The molecule has 15 heavy (non-hydrogen) atoms. The van der Waals surface area contributed by atoms with Gasteiger partial charge in [-0.1, -0.05) is 0 Å². The van der Waals surface area contributed by atoms with E-state index in [4.69, 9.17) is 9.47 Å². The maximum Gasteiger partial charge on any atom is 0.331 e. The highest BCUT2D eigenvalue weighted by atomic mass is 16.6. The Hall–Kier alpha value is -1.36. The van der Waals surface area contributed by atoms with Gasteiger partial charge < -0.3 is 14.2 Å². The quantitative estimate of drug-likeness (QED) is 0.482. The molecule has 0 radical (unpaired) electrons. The second-order valence-electron chi connectivity index (χ2n) is 2.76. The van der Waals surface area contributed by atoms with E-state index in [0.29, 0.717) is 0 Å². The van der Waals surface area contributed by atoms with Gasteiger partial charge in [0.15, 0.2) is 0 Å². The van der Waals surface area contributed by atoms with Crippen LogP contribution in [0, 0.1) is 0 Å². The molecule has 0 aromatic rings. The number of carbonyl (C=O) groups excluding carboxylic acids is 2. The van der Waals surface area contributed by atoms with Crippen LogP contribution in [-0.2, 0) is 23.8 Å². The maximum atomic E-state index is 11.0. The first-order valence-electron chi connectivity index (χ1n) is 4.64. The smallest absolute Gasteiger partial charge is 0.331 e. The van der Waals surface area contributed by atoms with Crippen molar-refractivity contribution in [2.24, 2.45) is 0 Å². The SMILES string of the molecule is CCOC(=O)/C=C/C(=O)OCC(C)OC. The molecule has 5 heteroatoms. The summed E-state index contributed by atoms with van der Waals surface area (Å²) >= 11 is 0. The fraction of sp³-hybridized carbons (Fsp3) is 0.600. The average molecular weight is 216 g/mol. The van der Waals surface area contributed by atoms with Gasteiger partial charge in [-0.3, -0.25) is 0 Å². The Morgan fingerprint density at radius 3 is 2.20 bits per heavy atom. The molecule has 0 aromatic heterocycles. The summed E-state index contributed by atoms with van der Waals surface area (Å²) in [4.78, 5) is 21.8. The summed E-state index contributed by atoms with van der Waals surface area (Å²) in [6, 6.07) is 0. The van der Waals surface area contributed by atoms with Gasteiger partial charge in [-0.2, -0.15) is 0 Å². The van der Waals surface area contributed by atoms with Gasteiger partial charge in [-0.05, 0) is 13.8 Å². The van der Waals surface area contributed by atoms with E-state index in [9.17, 15) is 9.59 Å². The normalized spacial score (nSPS) is 12.5. The van der Waals surface area contributed by atoms with E-state index in [0.717, 1.165) is 12.2 Å². The minimum Gasteiger partial charge on any atom is -0.463 e. The molecular formula is C10H16O5. The molecule has 0 saturated heterocycles. The molecule has 1 atom stereocenters. The molecule has 0 amide bonds. The van der Waals surface area contributed by atoms with Gasteiger partial charge in [0.05, 0.1) is 12.7 Å². The summed E-state index contributed by atoms with van der Waals surface area (Å²) in [5, 5.41) is 0. The van der Waals surface area contributed by atoms with Crippen LogP contribution < -0.4 is 0 Å². The molecule has 0 saturated carbocycles. The topological polar surface area (TPSA) is 61.8 Å². The summed E-state index contributed by atoms with van der Waals surface area (Å²) in [6.45, 7) is 3.88. The lowest BCUT2D eigenvalue weighted by molar-refractivity contribution is -0.142. The number of hydrogen-bond donors (Lipinski definition) is 0. The minimum atomic E-state index is -0.591. The third-order valence-corrected chi connectivity index (χ3v) is 1.50. The van der Waals surface area contributed by atoms with Crippen molar-refractivity contribution in [1.82, 2.24) is 0 Å². The Kier molecular flexibility index (Phi) is 7.27. The number of carbonyl (C=O) groups is 2. The third-order valence-electron chi connectivity index (χ3n) is 1.50. The lowest BCUT2D eigenvalue weighted by atomic mass is 10.4. The fourth-order valence-electron chi connectivity index (χ4n) is 0.642. The van der Waals surface area contributed by atoms with Crippen molar-refractivity contribution in [1.29, 1.82) is 0 Å². The molecular weight excluding hydrogens is 200 g/mol. The van der Waals surface area contributed by atoms with Crippen LogP contribution in [-0.4, -0.2) is 38.4 Å². The molecule has 0 fully saturated rings. The molecule has 0 spiro atoms. The van der Waals surface area contributed by atoms with Crippen molar-refractivity contribution < 1.29 is 23.8 Å². The number of ether oxygens (including phenoxy) is 3. The second-order valence-corrected chi connectivity index (χ2v) is 2.76. The lowest BCUT2D eigenvalue weighted by Crippen LogP contribution is -2.16. The standard InChI is InChI=1S/C10H16O5/c1-4-14-9(11)5-6-10(12)15-7-8(2)13-3/h5-6,8H,4,7H2,1-3H3/b6-5+. The van der Waals surface area contributed by atoms with Crippen molar-refractivity contribution in [3.05, 3.63) is 12.2 Å². The molecule has 0 N–H and O–H groups in total. The van der Waals surface area contributed by atoms with Gasteiger partial charge in [-0.25, -0.2) is 9.59 Å². The van der Waals surface area contributed by atoms with Crippen molar-refractivity contribution >= 4 is 11.9 Å². The van der Waals surface area contributed by atoms with E-state index in [-0.39, 0.29) is 19.3 Å². The van der Waals surface area contributed by atoms with Gasteiger partial charge in [0.1, 0.15) is 6.61 Å². The molecule has 0 aromatic carbocycles. The van der Waals surface area contributed by atoms with Crippen molar-refractivity contribution in [3.63, 3.8) is 0 Å². The fourth-order valence-corrected chi connectivity index (χ4v) is 0.642. The Morgan fingerprint density at radius 1 is 1.20 bits per heavy atom. The predicted molar refractivity (Wildman–Crippen MR) is 53.2 cm³/mol. The summed E-state index contributed by atoms with van der Waals surface area (Å²) in [6.07, 6.45) is 1.90. The van der Waals surface area contributed by atoms with Crippen LogP contribution in [0.15, 0.2) is 12.2 Å².